The van der Waals surface area contributed by atoms with Crippen LogP contribution in [0.3, 0.4) is 0 Å². The van der Waals surface area contributed by atoms with Gasteiger partial charge in [0.2, 0.25) is 21.8 Å². The van der Waals surface area contributed by atoms with E-state index in [-0.39, 0.29) is 23.1 Å². The molecule has 2 fully saturated rings. The molecule has 7 nitrogen and oxygen atoms in total. The number of carbonyl (C=O) groups excluding carboxylic acids is 2. The van der Waals surface area contributed by atoms with Crippen molar-refractivity contribution in [3.8, 4) is 0 Å². The Balaban J connectivity index is 1.99. The van der Waals surface area contributed by atoms with Crippen LogP contribution in [0.5, 0.6) is 0 Å². The number of hydrogen-bond donors (Lipinski definition) is 1. The van der Waals surface area contributed by atoms with Crippen LogP contribution in [0.1, 0.15) is 37.3 Å². The van der Waals surface area contributed by atoms with E-state index in [0.29, 0.717) is 24.9 Å². The summed E-state index contributed by atoms with van der Waals surface area (Å²) in [5, 5.41) is 2.70. The van der Waals surface area contributed by atoms with Crippen LogP contribution in [0.25, 0.3) is 0 Å². The molecule has 2 amide bonds. The molecule has 2 aromatic carbocycles. The Morgan fingerprint density at radius 3 is 2.28 bits per heavy atom. The summed E-state index contributed by atoms with van der Waals surface area (Å²) in [6.45, 7) is 0.570. The van der Waals surface area contributed by atoms with E-state index >= 15 is 0 Å². The molecule has 1 spiro atoms. The molecule has 0 unspecified atom stereocenters. The molecule has 2 aliphatic rings. The van der Waals surface area contributed by atoms with Gasteiger partial charge in [-0.2, -0.15) is 4.31 Å². The fourth-order valence-electron chi connectivity index (χ4n) is 5.24. The van der Waals surface area contributed by atoms with Crippen molar-refractivity contribution in [2.24, 2.45) is 5.92 Å². The maximum absolute atomic E-state index is 14.1. The number of benzene rings is 2. The van der Waals surface area contributed by atoms with Gasteiger partial charge in [-0.05, 0) is 43.4 Å². The number of carbonyl (C=O) groups is 2. The fourth-order valence-corrected chi connectivity index (χ4v) is 7.24. The third kappa shape index (κ3) is 3.61. The van der Waals surface area contributed by atoms with Crippen LogP contribution >= 0.6 is 0 Å². The van der Waals surface area contributed by atoms with E-state index in [1.54, 1.807) is 49.3 Å². The van der Waals surface area contributed by atoms with Crippen LogP contribution in [0.15, 0.2) is 65.6 Å². The van der Waals surface area contributed by atoms with Crippen molar-refractivity contribution in [2.45, 2.75) is 42.2 Å². The van der Waals surface area contributed by atoms with Crippen molar-refractivity contribution in [1.82, 2.24) is 14.5 Å². The minimum absolute atomic E-state index is 0.123. The highest BCUT2D eigenvalue weighted by molar-refractivity contribution is 7.89. The fraction of sp³-hybridized carbons (Fsp3) is 0.417. The molecule has 4 rings (SSSR count). The minimum atomic E-state index is -4.09. The normalized spacial score (nSPS) is 26.8. The Labute approximate surface area is 189 Å². The zero-order chi connectivity index (χ0) is 22.9. The van der Waals surface area contributed by atoms with Gasteiger partial charge in [0, 0.05) is 20.6 Å². The number of nitrogens with one attached hydrogen (secondary N) is 1. The highest BCUT2D eigenvalue weighted by Crippen LogP contribution is 2.53. The Morgan fingerprint density at radius 1 is 1.03 bits per heavy atom. The molecular weight excluding hydrogens is 426 g/mol. The predicted molar refractivity (Wildman–Crippen MR) is 121 cm³/mol. The van der Waals surface area contributed by atoms with Crippen LogP contribution in [0, 0.1) is 5.92 Å². The largest absolute Gasteiger partial charge is 0.359 e. The van der Waals surface area contributed by atoms with Gasteiger partial charge in [0.25, 0.3) is 0 Å². The summed E-state index contributed by atoms with van der Waals surface area (Å²) < 4.78 is 29.6. The van der Waals surface area contributed by atoms with Crippen LogP contribution in [0.2, 0.25) is 0 Å². The molecule has 32 heavy (non-hydrogen) atoms. The third-order valence-electron chi connectivity index (χ3n) is 6.72. The van der Waals surface area contributed by atoms with Crippen molar-refractivity contribution in [2.75, 3.05) is 20.6 Å². The molecule has 2 aromatic rings. The quantitative estimate of drug-likeness (QED) is 0.768. The molecule has 0 saturated carbocycles. The first-order valence-corrected chi connectivity index (χ1v) is 12.4. The minimum Gasteiger partial charge on any atom is -0.359 e. The second kappa shape index (κ2) is 8.67. The molecule has 0 bridgehead atoms. The highest BCUT2D eigenvalue weighted by atomic mass is 32.2. The zero-order valence-corrected chi connectivity index (χ0v) is 19.2. The van der Waals surface area contributed by atoms with Gasteiger partial charge in [0.05, 0.1) is 16.9 Å². The van der Waals surface area contributed by atoms with E-state index < -0.39 is 27.5 Å². The maximum atomic E-state index is 14.1. The van der Waals surface area contributed by atoms with Crippen molar-refractivity contribution in [3.05, 3.63) is 66.2 Å². The van der Waals surface area contributed by atoms with Crippen LogP contribution in [-0.2, 0) is 19.6 Å². The van der Waals surface area contributed by atoms with Gasteiger partial charge in [-0.15, -0.1) is 0 Å². The number of nitrogens with zero attached hydrogens (tertiary/aromatic N) is 2. The van der Waals surface area contributed by atoms with Crippen molar-refractivity contribution in [1.29, 1.82) is 0 Å². The molecule has 2 heterocycles. The summed E-state index contributed by atoms with van der Waals surface area (Å²) in [6.07, 6.45) is 2.04. The number of hydrogen-bond acceptors (Lipinski definition) is 4. The lowest BCUT2D eigenvalue weighted by Crippen LogP contribution is -2.57. The molecule has 3 atom stereocenters. The van der Waals surface area contributed by atoms with Crippen molar-refractivity contribution in [3.63, 3.8) is 0 Å². The van der Waals surface area contributed by atoms with E-state index in [4.69, 9.17) is 0 Å². The smallest absolute Gasteiger partial charge is 0.244 e. The summed E-state index contributed by atoms with van der Waals surface area (Å²) in [5.74, 6) is -1.18. The van der Waals surface area contributed by atoms with Gasteiger partial charge in [-0.1, -0.05) is 48.5 Å². The lowest BCUT2D eigenvalue weighted by atomic mass is 9.85. The van der Waals surface area contributed by atoms with Gasteiger partial charge >= 0.3 is 0 Å². The Hall–Kier alpha value is -2.71. The second-order valence-electron chi connectivity index (χ2n) is 8.61. The average Bonchev–Trinajstić information content (AvgIpc) is 3.12. The van der Waals surface area contributed by atoms with E-state index in [2.05, 4.69) is 5.32 Å². The topological polar surface area (TPSA) is 86.8 Å². The van der Waals surface area contributed by atoms with Gasteiger partial charge in [0.1, 0.15) is 5.54 Å². The van der Waals surface area contributed by atoms with Gasteiger partial charge in [0.15, 0.2) is 0 Å². The molecule has 0 aliphatic carbocycles. The number of likely N-dealkylation sites (N-methyl/N-ethyl adjacent to an activating group) is 1. The summed E-state index contributed by atoms with van der Waals surface area (Å²) >= 11 is 0. The Bertz CT molecular complexity index is 1090. The van der Waals surface area contributed by atoms with Crippen molar-refractivity contribution >= 4 is 21.8 Å². The molecule has 2 saturated heterocycles. The van der Waals surface area contributed by atoms with Gasteiger partial charge < -0.3 is 10.2 Å². The van der Waals surface area contributed by atoms with Crippen LogP contribution < -0.4 is 5.32 Å². The predicted octanol–water partition coefficient (Wildman–Crippen LogP) is 2.57. The van der Waals surface area contributed by atoms with Gasteiger partial charge in [-0.25, -0.2) is 8.42 Å². The van der Waals surface area contributed by atoms with Crippen LogP contribution in [0.4, 0.5) is 0 Å². The maximum Gasteiger partial charge on any atom is 0.244 e. The standard InChI is InChI=1S/C24H29N3O4S/c1-25-22(28)20-17-24(15-9-10-16-26(2)23(24)29)27(21(20)18-11-5-3-6-12-18)32(30,31)19-13-7-4-8-14-19/h3-8,11-14,20-21H,9-10,15-17H2,1-2H3,(H,25,28)/t20-,21-,24-/m0/s1. The first-order chi connectivity index (χ1) is 15.3. The second-order valence-corrected chi connectivity index (χ2v) is 10.4. The summed E-state index contributed by atoms with van der Waals surface area (Å²) in [5.41, 5.74) is -0.602. The first kappa shape index (κ1) is 22.5. The summed E-state index contributed by atoms with van der Waals surface area (Å²) in [7, 11) is -0.822. The lowest BCUT2D eigenvalue weighted by molar-refractivity contribution is -0.139. The molecule has 0 radical (unpaired) electrons. The number of rotatable bonds is 4. The monoisotopic (exact) mass is 455 g/mol. The van der Waals surface area contributed by atoms with E-state index in [9.17, 15) is 18.0 Å². The first-order valence-electron chi connectivity index (χ1n) is 10.9. The Kier molecular flexibility index (Phi) is 6.09. The van der Waals surface area contributed by atoms with Crippen molar-refractivity contribution < 1.29 is 18.0 Å². The van der Waals surface area contributed by atoms with Gasteiger partial charge in [-0.3, -0.25) is 9.59 Å². The molecular formula is C24H29N3O4S. The number of amides is 2. The third-order valence-corrected chi connectivity index (χ3v) is 8.68. The molecule has 1 N–H and O–H groups in total. The number of likely N-dealkylation sites (tertiary alicyclic amines) is 1. The SMILES string of the molecule is CNC(=O)[C@H]1C[C@]2(CCCCN(C)C2=O)N(S(=O)(=O)c2ccccc2)[C@H]1c1ccccc1. The summed E-state index contributed by atoms with van der Waals surface area (Å²) in [4.78, 5) is 28.6. The highest BCUT2D eigenvalue weighted by Gasteiger charge is 2.63. The summed E-state index contributed by atoms with van der Waals surface area (Å²) in [6, 6.07) is 16.6. The zero-order valence-electron chi connectivity index (χ0n) is 18.4. The Morgan fingerprint density at radius 2 is 1.66 bits per heavy atom. The lowest BCUT2D eigenvalue weighted by Gasteiger charge is -2.39. The molecule has 2 aliphatic heterocycles. The molecule has 170 valence electrons. The number of sulfonamides is 1. The van der Waals surface area contributed by atoms with E-state index in [0.717, 1.165) is 6.42 Å². The molecule has 0 aromatic heterocycles. The van der Waals surface area contributed by atoms with E-state index in [1.165, 1.54) is 4.31 Å². The molecule has 8 heteroatoms. The average molecular weight is 456 g/mol. The van der Waals surface area contributed by atoms with E-state index in [1.807, 2.05) is 30.3 Å². The van der Waals surface area contributed by atoms with Crippen LogP contribution in [-0.4, -0.2) is 55.6 Å².